The average molecular weight is 284 g/mol. The van der Waals surface area contributed by atoms with Crippen LogP contribution >= 0.6 is 11.3 Å². The molecule has 0 saturated heterocycles. The van der Waals surface area contributed by atoms with Crippen LogP contribution in [0.2, 0.25) is 0 Å². The first-order valence-corrected chi connectivity index (χ1v) is 7.13. The van der Waals surface area contributed by atoms with Crippen LogP contribution in [0.25, 0.3) is 16.0 Å². The minimum Gasteiger partial charge on any atom is -0.320 e. The van der Waals surface area contributed by atoms with Gasteiger partial charge >= 0.3 is 0 Å². The van der Waals surface area contributed by atoms with Crippen LogP contribution in [0.4, 0.5) is 0 Å². The Morgan fingerprint density at radius 2 is 2.00 bits per heavy atom. The Balaban J connectivity index is 1.86. The standard InChI is InChI=1S/C13H12N6S/c1-8-14-10-5-3-4-6-11(10)18(8)7-12-15-16-13-19(12)17-9(2)20-13/h3-6H,7H2,1-2H3. The number of benzene rings is 1. The average Bonchev–Trinajstić information content (AvgIpc) is 3.05. The molecule has 0 amide bonds. The second-order valence-corrected chi connectivity index (χ2v) is 5.83. The van der Waals surface area contributed by atoms with E-state index >= 15 is 0 Å². The highest BCUT2D eigenvalue weighted by Crippen LogP contribution is 2.18. The molecule has 0 spiro atoms. The zero-order valence-corrected chi connectivity index (χ0v) is 11.9. The highest BCUT2D eigenvalue weighted by molar-refractivity contribution is 7.16. The Hall–Kier alpha value is -2.28. The van der Waals surface area contributed by atoms with E-state index in [1.807, 2.05) is 36.6 Å². The summed E-state index contributed by atoms with van der Waals surface area (Å²) >= 11 is 1.55. The fraction of sp³-hybridized carbons (Fsp3) is 0.231. The van der Waals surface area contributed by atoms with Gasteiger partial charge < -0.3 is 4.57 Å². The van der Waals surface area contributed by atoms with Crippen molar-refractivity contribution < 1.29 is 0 Å². The maximum absolute atomic E-state index is 4.57. The molecule has 0 bridgehead atoms. The lowest BCUT2D eigenvalue weighted by atomic mass is 10.3. The molecule has 0 unspecified atom stereocenters. The Kier molecular flexibility index (Phi) is 2.37. The summed E-state index contributed by atoms with van der Waals surface area (Å²) in [5.41, 5.74) is 2.11. The second-order valence-electron chi connectivity index (χ2n) is 4.67. The van der Waals surface area contributed by atoms with Crippen molar-refractivity contribution in [3.8, 4) is 0 Å². The predicted octanol–water partition coefficient (Wildman–Crippen LogP) is 2.20. The number of aryl methyl sites for hydroxylation is 2. The summed E-state index contributed by atoms with van der Waals surface area (Å²) in [7, 11) is 0. The van der Waals surface area contributed by atoms with Gasteiger partial charge in [0.2, 0.25) is 4.96 Å². The van der Waals surface area contributed by atoms with Gasteiger partial charge in [-0.2, -0.15) is 9.61 Å². The molecule has 0 radical (unpaired) electrons. The minimum absolute atomic E-state index is 0.622. The molecule has 0 aliphatic rings. The van der Waals surface area contributed by atoms with E-state index in [1.165, 1.54) is 0 Å². The normalized spacial score (nSPS) is 11.7. The third-order valence-electron chi connectivity index (χ3n) is 3.30. The van der Waals surface area contributed by atoms with Gasteiger partial charge in [-0.15, -0.1) is 10.2 Å². The van der Waals surface area contributed by atoms with Crippen LogP contribution in [0.3, 0.4) is 0 Å². The molecule has 20 heavy (non-hydrogen) atoms. The number of nitrogens with zero attached hydrogens (tertiary/aromatic N) is 6. The molecule has 0 atom stereocenters. The lowest BCUT2D eigenvalue weighted by molar-refractivity contribution is 0.704. The number of imidazole rings is 1. The number of fused-ring (bicyclic) bond motifs is 2. The molecule has 6 nitrogen and oxygen atoms in total. The number of aromatic nitrogens is 6. The van der Waals surface area contributed by atoms with E-state index in [4.69, 9.17) is 0 Å². The Morgan fingerprint density at radius 1 is 1.15 bits per heavy atom. The summed E-state index contributed by atoms with van der Waals surface area (Å²) in [4.78, 5) is 5.40. The molecule has 4 aromatic rings. The van der Waals surface area contributed by atoms with Crippen molar-refractivity contribution in [3.63, 3.8) is 0 Å². The summed E-state index contributed by atoms with van der Waals surface area (Å²) in [6.45, 7) is 4.60. The van der Waals surface area contributed by atoms with Crippen molar-refractivity contribution in [1.29, 1.82) is 0 Å². The van der Waals surface area contributed by atoms with Crippen LogP contribution < -0.4 is 0 Å². The first kappa shape index (κ1) is 11.5. The fourth-order valence-corrected chi connectivity index (χ4v) is 3.09. The molecular formula is C13H12N6S. The number of hydrogen-bond acceptors (Lipinski definition) is 5. The predicted molar refractivity (Wildman–Crippen MR) is 77.0 cm³/mol. The summed E-state index contributed by atoms with van der Waals surface area (Å²) in [5.74, 6) is 1.80. The Bertz CT molecular complexity index is 916. The lowest BCUT2D eigenvalue weighted by Crippen LogP contribution is -2.06. The third kappa shape index (κ3) is 1.63. The van der Waals surface area contributed by atoms with Gasteiger partial charge in [0.15, 0.2) is 5.82 Å². The Morgan fingerprint density at radius 3 is 2.90 bits per heavy atom. The molecule has 1 aromatic carbocycles. The summed E-state index contributed by atoms with van der Waals surface area (Å²) in [6.07, 6.45) is 0. The van der Waals surface area contributed by atoms with Crippen LogP contribution in [0, 0.1) is 13.8 Å². The van der Waals surface area contributed by atoms with Crippen molar-refractivity contribution in [2.45, 2.75) is 20.4 Å². The fourth-order valence-electron chi connectivity index (χ4n) is 2.39. The van der Waals surface area contributed by atoms with Gasteiger partial charge in [-0.05, 0) is 26.0 Å². The summed E-state index contributed by atoms with van der Waals surface area (Å²) < 4.78 is 3.95. The lowest BCUT2D eigenvalue weighted by Gasteiger charge is -2.04. The molecular weight excluding hydrogens is 272 g/mol. The largest absolute Gasteiger partial charge is 0.320 e. The van der Waals surface area contributed by atoms with Crippen molar-refractivity contribution in [3.05, 3.63) is 40.9 Å². The quantitative estimate of drug-likeness (QED) is 0.566. The van der Waals surface area contributed by atoms with Crippen LogP contribution in [0.15, 0.2) is 24.3 Å². The van der Waals surface area contributed by atoms with Gasteiger partial charge in [-0.3, -0.25) is 0 Å². The monoisotopic (exact) mass is 284 g/mol. The van der Waals surface area contributed by atoms with Crippen molar-refractivity contribution in [2.75, 3.05) is 0 Å². The zero-order valence-electron chi connectivity index (χ0n) is 11.1. The first-order valence-electron chi connectivity index (χ1n) is 6.32. The van der Waals surface area contributed by atoms with Crippen LogP contribution in [0.5, 0.6) is 0 Å². The number of hydrogen-bond donors (Lipinski definition) is 0. The van der Waals surface area contributed by atoms with E-state index in [-0.39, 0.29) is 0 Å². The molecule has 3 aromatic heterocycles. The SMILES string of the molecule is Cc1nn2c(Cn3c(C)nc4ccccc43)nnc2s1. The van der Waals surface area contributed by atoms with E-state index in [2.05, 4.69) is 30.9 Å². The van der Waals surface area contributed by atoms with Crippen molar-refractivity contribution in [1.82, 2.24) is 29.4 Å². The van der Waals surface area contributed by atoms with Gasteiger partial charge in [0.1, 0.15) is 10.8 Å². The molecule has 0 aliphatic carbocycles. The van der Waals surface area contributed by atoms with Crippen LogP contribution in [-0.4, -0.2) is 29.4 Å². The van der Waals surface area contributed by atoms with Gasteiger partial charge in [-0.1, -0.05) is 23.5 Å². The van der Waals surface area contributed by atoms with Gasteiger partial charge in [0, 0.05) is 0 Å². The number of para-hydroxylation sites is 2. The topological polar surface area (TPSA) is 60.9 Å². The summed E-state index contributed by atoms with van der Waals surface area (Å²) in [5, 5.41) is 13.8. The molecule has 0 fully saturated rings. The van der Waals surface area contributed by atoms with Gasteiger partial charge in [0.25, 0.3) is 0 Å². The van der Waals surface area contributed by atoms with Crippen LogP contribution in [0.1, 0.15) is 16.7 Å². The highest BCUT2D eigenvalue weighted by atomic mass is 32.1. The molecule has 0 N–H and O–H groups in total. The summed E-state index contributed by atoms with van der Waals surface area (Å²) in [6, 6.07) is 8.11. The molecule has 3 heterocycles. The van der Waals surface area contributed by atoms with Gasteiger partial charge in [0.05, 0.1) is 17.6 Å². The molecule has 0 aliphatic heterocycles. The third-order valence-corrected chi connectivity index (χ3v) is 4.12. The van der Waals surface area contributed by atoms with Crippen LogP contribution in [-0.2, 0) is 6.54 Å². The maximum atomic E-state index is 4.57. The smallest absolute Gasteiger partial charge is 0.234 e. The van der Waals surface area contributed by atoms with E-state index in [9.17, 15) is 0 Å². The van der Waals surface area contributed by atoms with E-state index < -0.39 is 0 Å². The molecule has 0 saturated carbocycles. The van der Waals surface area contributed by atoms with E-state index in [0.717, 1.165) is 32.7 Å². The number of rotatable bonds is 2. The van der Waals surface area contributed by atoms with E-state index in [1.54, 1.807) is 11.3 Å². The minimum atomic E-state index is 0.622. The Labute approximate surface area is 118 Å². The molecule has 100 valence electrons. The molecule has 4 rings (SSSR count). The van der Waals surface area contributed by atoms with E-state index in [0.29, 0.717) is 6.54 Å². The van der Waals surface area contributed by atoms with Crippen molar-refractivity contribution in [2.24, 2.45) is 0 Å². The van der Waals surface area contributed by atoms with Crippen molar-refractivity contribution >= 4 is 27.3 Å². The molecule has 7 heteroatoms. The first-order chi connectivity index (χ1) is 9.72. The van der Waals surface area contributed by atoms with Gasteiger partial charge in [-0.25, -0.2) is 4.98 Å². The second kappa shape index (κ2) is 4.11. The maximum Gasteiger partial charge on any atom is 0.234 e. The highest BCUT2D eigenvalue weighted by Gasteiger charge is 2.13. The zero-order chi connectivity index (χ0) is 13.7.